The first-order valence-corrected chi connectivity index (χ1v) is 7.07. The van der Waals surface area contributed by atoms with E-state index < -0.39 is 5.97 Å². The van der Waals surface area contributed by atoms with Crippen molar-refractivity contribution in [2.24, 2.45) is 0 Å². The largest absolute Gasteiger partial charge is 0.477 e. The Balaban J connectivity index is 2.32. The van der Waals surface area contributed by atoms with Crippen molar-refractivity contribution in [2.45, 2.75) is 37.8 Å². The summed E-state index contributed by atoms with van der Waals surface area (Å²) in [5.74, 6) is 0.325. The number of nitrogens with zero attached hydrogens (tertiary/aromatic N) is 2. The number of thioether (sulfide) groups is 1. The third-order valence-electron chi connectivity index (χ3n) is 2.73. The molecular weight excluding hydrogens is 250 g/mol. The Labute approximate surface area is 110 Å². The first-order valence-electron chi connectivity index (χ1n) is 6.02. The zero-order valence-corrected chi connectivity index (χ0v) is 11.4. The van der Waals surface area contributed by atoms with E-state index in [1.165, 1.54) is 0 Å². The Morgan fingerprint density at radius 2 is 2.28 bits per heavy atom. The topological polar surface area (TPSA) is 75.1 Å². The maximum atomic E-state index is 11.2. The molecular formula is C12H17N3O2S. The lowest BCUT2D eigenvalue weighted by Crippen LogP contribution is -2.28. The summed E-state index contributed by atoms with van der Waals surface area (Å²) in [5.41, 5.74) is 1.81. The van der Waals surface area contributed by atoms with Crippen LogP contribution in [-0.4, -0.2) is 32.8 Å². The first-order chi connectivity index (χ1) is 8.58. The molecule has 6 heteroatoms. The molecule has 0 radical (unpaired) electrons. The van der Waals surface area contributed by atoms with Crippen molar-refractivity contribution in [1.82, 2.24) is 15.3 Å². The average Bonchev–Trinajstić information content (AvgIpc) is 2.35. The lowest BCUT2D eigenvalue weighted by molar-refractivity contribution is 0.0688. The molecule has 0 amide bonds. The molecule has 0 aliphatic carbocycles. The van der Waals surface area contributed by atoms with Crippen molar-refractivity contribution in [2.75, 3.05) is 6.54 Å². The number of carbonyl (C=O) groups is 1. The number of hydrogen-bond acceptors (Lipinski definition) is 5. The number of nitrogens with one attached hydrogen (secondary N) is 1. The van der Waals surface area contributed by atoms with Crippen molar-refractivity contribution in [1.29, 1.82) is 0 Å². The van der Waals surface area contributed by atoms with Crippen LogP contribution in [0.2, 0.25) is 0 Å². The molecule has 0 bridgehead atoms. The molecule has 2 N–H and O–H groups in total. The molecule has 0 atom stereocenters. The molecule has 0 fully saturated rings. The minimum Gasteiger partial charge on any atom is -0.477 e. The van der Waals surface area contributed by atoms with E-state index in [1.54, 1.807) is 11.8 Å². The van der Waals surface area contributed by atoms with Gasteiger partial charge in [0.05, 0.1) is 11.4 Å². The summed E-state index contributed by atoms with van der Waals surface area (Å²) in [5, 5.41) is 12.9. The van der Waals surface area contributed by atoms with Gasteiger partial charge in [-0.2, -0.15) is 11.8 Å². The highest BCUT2D eigenvalue weighted by atomic mass is 32.2. The summed E-state index contributed by atoms with van der Waals surface area (Å²) in [6.45, 7) is 5.62. The van der Waals surface area contributed by atoms with E-state index in [-0.39, 0.29) is 5.69 Å². The smallest absolute Gasteiger partial charge is 0.354 e. The molecule has 18 heavy (non-hydrogen) atoms. The van der Waals surface area contributed by atoms with Gasteiger partial charge in [0.1, 0.15) is 5.82 Å². The van der Waals surface area contributed by atoms with E-state index in [0.29, 0.717) is 29.8 Å². The molecule has 0 unspecified atom stereocenters. The maximum absolute atomic E-state index is 11.2. The van der Waals surface area contributed by atoms with Gasteiger partial charge in [-0.3, -0.25) is 0 Å². The zero-order chi connectivity index (χ0) is 13.1. The molecule has 0 aromatic carbocycles. The van der Waals surface area contributed by atoms with Crippen LogP contribution in [-0.2, 0) is 18.7 Å². The van der Waals surface area contributed by atoms with Crippen LogP contribution in [0, 0.1) is 0 Å². The van der Waals surface area contributed by atoms with Crippen LogP contribution in [0.15, 0.2) is 0 Å². The lowest BCUT2D eigenvalue weighted by Gasteiger charge is -2.18. The minimum absolute atomic E-state index is 0.181. The molecule has 2 heterocycles. The van der Waals surface area contributed by atoms with Crippen LogP contribution in [0.4, 0.5) is 0 Å². The summed E-state index contributed by atoms with van der Waals surface area (Å²) in [7, 11) is 0. The zero-order valence-electron chi connectivity index (χ0n) is 10.6. The van der Waals surface area contributed by atoms with E-state index in [1.807, 2.05) is 0 Å². The minimum atomic E-state index is -0.952. The van der Waals surface area contributed by atoms with E-state index in [2.05, 4.69) is 29.1 Å². The van der Waals surface area contributed by atoms with Gasteiger partial charge < -0.3 is 10.4 Å². The van der Waals surface area contributed by atoms with E-state index in [9.17, 15) is 9.90 Å². The van der Waals surface area contributed by atoms with Crippen molar-refractivity contribution >= 4 is 17.7 Å². The summed E-state index contributed by atoms with van der Waals surface area (Å²) in [6.07, 6.45) is 0.689. The highest BCUT2D eigenvalue weighted by Gasteiger charge is 2.21. The Morgan fingerprint density at radius 3 is 2.94 bits per heavy atom. The number of aromatic nitrogens is 2. The second-order valence-electron chi connectivity index (χ2n) is 4.51. The average molecular weight is 267 g/mol. The quantitative estimate of drug-likeness (QED) is 0.860. The van der Waals surface area contributed by atoms with Crippen molar-refractivity contribution in [3.63, 3.8) is 0 Å². The van der Waals surface area contributed by atoms with Crippen LogP contribution < -0.4 is 5.32 Å². The van der Waals surface area contributed by atoms with Gasteiger partial charge in [-0.15, -0.1) is 0 Å². The first kappa shape index (κ1) is 13.3. The van der Waals surface area contributed by atoms with Gasteiger partial charge in [-0.1, -0.05) is 13.8 Å². The Morgan fingerprint density at radius 1 is 1.50 bits per heavy atom. The number of aromatic carboxylic acids is 1. The number of rotatable bonds is 4. The summed E-state index contributed by atoms with van der Waals surface area (Å²) in [4.78, 5) is 19.9. The summed E-state index contributed by atoms with van der Waals surface area (Å²) in [6, 6.07) is 0. The fourth-order valence-corrected chi connectivity index (χ4v) is 2.50. The fourth-order valence-electron chi connectivity index (χ4n) is 1.89. The molecule has 1 aromatic rings. The summed E-state index contributed by atoms with van der Waals surface area (Å²) < 4.78 is 0. The molecule has 98 valence electrons. The molecule has 1 aromatic heterocycles. The van der Waals surface area contributed by atoms with Gasteiger partial charge in [-0.25, -0.2) is 14.8 Å². The predicted octanol–water partition coefficient (Wildman–Crippen LogP) is 1.46. The number of hydrogen-bond donors (Lipinski definition) is 2. The summed E-state index contributed by atoms with van der Waals surface area (Å²) >= 11 is 1.72. The van der Waals surface area contributed by atoms with E-state index in [0.717, 1.165) is 17.8 Å². The number of fused-ring (bicyclic) bond motifs is 1. The molecule has 5 nitrogen and oxygen atoms in total. The van der Waals surface area contributed by atoms with Gasteiger partial charge in [0.2, 0.25) is 0 Å². The Bertz CT molecular complexity index is 463. The highest BCUT2D eigenvalue weighted by Crippen LogP contribution is 2.20. The van der Waals surface area contributed by atoms with Gasteiger partial charge in [-0.05, 0) is 18.2 Å². The number of carboxylic acid groups (broad SMARTS) is 1. The number of carboxylic acids is 1. The monoisotopic (exact) mass is 267 g/mol. The molecule has 0 spiro atoms. The predicted molar refractivity (Wildman–Crippen MR) is 70.8 cm³/mol. The van der Waals surface area contributed by atoms with E-state index >= 15 is 0 Å². The lowest BCUT2D eigenvalue weighted by atomic mass is 10.0. The molecule has 0 saturated carbocycles. The molecule has 0 saturated heterocycles. The van der Waals surface area contributed by atoms with Gasteiger partial charge in [0, 0.05) is 12.1 Å². The molecule has 2 rings (SSSR count). The van der Waals surface area contributed by atoms with Crippen LogP contribution in [0.1, 0.15) is 41.4 Å². The standard InChI is InChI=1S/C12H17N3O2S/c1-7(2)18-6-10-14-9-5-13-4-3-8(9)11(15-10)12(16)17/h7,13H,3-6H2,1-2H3,(H,16,17). The van der Waals surface area contributed by atoms with Crippen LogP contribution in [0.5, 0.6) is 0 Å². The highest BCUT2D eigenvalue weighted by molar-refractivity contribution is 7.99. The third-order valence-corrected chi connectivity index (χ3v) is 3.82. The second kappa shape index (κ2) is 5.67. The van der Waals surface area contributed by atoms with E-state index in [4.69, 9.17) is 0 Å². The van der Waals surface area contributed by atoms with Crippen molar-refractivity contribution in [3.8, 4) is 0 Å². The Hall–Kier alpha value is -1.14. The van der Waals surface area contributed by atoms with Crippen molar-refractivity contribution < 1.29 is 9.90 Å². The van der Waals surface area contributed by atoms with Crippen LogP contribution in [0.25, 0.3) is 0 Å². The molecule has 1 aliphatic rings. The Kier molecular flexibility index (Phi) is 4.19. The SMILES string of the molecule is CC(C)SCc1nc2c(c(C(=O)O)n1)CCNC2. The second-order valence-corrected chi connectivity index (χ2v) is 6.07. The van der Waals surface area contributed by atoms with Crippen LogP contribution >= 0.6 is 11.8 Å². The van der Waals surface area contributed by atoms with Crippen molar-refractivity contribution in [3.05, 3.63) is 22.8 Å². The third kappa shape index (κ3) is 3.00. The van der Waals surface area contributed by atoms with Crippen LogP contribution in [0.3, 0.4) is 0 Å². The van der Waals surface area contributed by atoms with Gasteiger partial charge in [0.15, 0.2) is 5.69 Å². The molecule has 1 aliphatic heterocycles. The normalized spacial score (nSPS) is 14.6. The van der Waals surface area contributed by atoms with Gasteiger partial charge in [0.25, 0.3) is 0 Å². The van der Waals surface area contributed by atoms with Gasteiger partial charge >= 0.3 is 5.97 Å². The fraction of sp³-hybridized carbons (Fsp3) is 0.583. The maximum Gasteiger partial charge on any atom is 0.354 e.